The third-order valence-electron chi connectivity index (χ3n) is 7.00. The summed E-state index contributed by atoms with van der Waals surface area (Å²) in [7, 11) is 0. The van der Waals surface area contributed by atoms with Crippen LogP contribution >= 0.6 is 11.3 Å². The monoisotopic (exact) mass is 516 g/mol. The van der Waals surface area contributed by atoms with E-state index < -0.39 is 5.82 Å². The number of nitrogens with two attached hydrogens (primary N) is 1. The average Bonchev–Trinajstić information content (AvgIpc) is 3.42. The summed E-state index contributed by atoms with van der Waals surface area (Å²) in [6.07, 6.45) is 7.74. The van der Waals surface area contributed by atoms with Crippen LogP contribution in [0.1, 0.15) is 36.8 Å². The molecule has 1 aromatic carbocycles. The molecule has 2 fully saturated rings. The van der Waals surface area contributed by atoms with Crippen molar-refractivity contribution >= 4 is 27.3 Å². The Bertz CT molecular complexity index is 1430. The number of rotatable bonds is 9. The fourth-order valence-electron chi connectivity index (χ4n) is 4.85. The van der Waals surface area contributed by atoms with Crippen molar-refractivity contribution in [3.8, 4) is 22.1 Å². The number of likely N-dealkylation sites (tertiary alicyclic amines) is 1. The fourth-order valence-corrected chi connectivity index (χ4v) is 5.89. The van der Waals surface area contributed by atoms with Crippen molar-refractivity contribution < 1.29 is 13.9 Å². The second-order valence-electron chi connectivity index (χ2n) is 10.2. The number of aromatic nitrogens is 2. The van der Waals surface area contributed by atoms with Gasteiger partial charge in [0.15, 0.2) is 11.6 Å². The van der Waals surface area contributed by atoms with Crippen molar-refractivity contribution in [2.24, 2.45) is 11.7 Å². The Morgan fingerprint density at radius 3 is 2.68 bits per heavy atom. The van der Waals surface area contributed by atoms with Crippen LogP contribution in [-0.2, 0) is 17.8 Å². The van der Waals surface area contributed by atoms with Crippen LogP contribution < -0.4 is 10.5 Å². The Morgan fingerprint density at radius 2 is 1.95 bits per heavy atom. The van der Waals surface area contributed by atoms with E-state index in [9.17, 15) is 9.18 Å². The van der Waals surface area contributed by atoms with Crippen molar-refractivity contribution in [2.45, 2.75) is 44.7 Å². The van der Waals surface area contributed by atoms with Crippen LogP contribution in [0.4, 0.5) is 4.39 Å². The van der Waals surface area contributed by atoms with Gasteiger partial charge >= 0.3 is 0 Å². The van der Waals surface area contributed by atoms with Crippen LogP contribution in [0.3, 0.4) is 0 Å². The summed E-state index contributed by atoms with van der Waals surface area (Å²) in [6.45, 7) is 2.80. The molecule has 1 aliphatic carbocycles. The van der Waals surface area contributed by atoms with Gasteiger partial charge in [0.1, 0.15) is 11.5 Å². The molecule has 4 heterocycles. The van der Waals surface area contributed by atoms with Crippen LogP contribution in [0, 0.1) is 11.7 Å². The average molecular weight is 517 g/mol. The largest absolute Gasteiger partial charge is 0.453 e. The van der Waals surface area contributed by atoms with E-state index >= 15 is 0 Å². The van der Waals surface area contributed by atoms with Gasteiger partial charge in [-0.05, 0) is 60.6 Å². The summed E-state index contributed by atoms with van der Waals surface area (Å²) < 4.78 is 21.7. The van der Waals surface area contributed by atoms with Crippen LogP contribution in [0.5, 0.6) is 11.5 Å². The third-order valence-corrected chi connectivity index (χ3v) is 8.16. The second kappa shape index (κ2) is 10.3. The summed E-state index contributed by atoms with van der Waals surface area (Å²) in [4.78, 5) is 24.6. The molecule has 2 aliphatic rings. The van der Waals surface area contributed by atoms with Gasteiger partial charge in [-0.15, -0.1) is 11.3 Å². The zero-order valence-electron chi connectivity index (χ0n) is 20.5. The van der Waals surface area contributed by atoms with Crippen molar-refractivity contribution in [3.05, 3.63) is 71.8 Å². The summed E-state index contributed by atoms with van der Waals surface area (Å²) in [6, 6.07) is 12.9. The van der Waals surface area contributed by atoms with E-state index in [1.165, 1.54) is 17.4 Å². The number of hydrogen-bond donors (Lipinski definition) is 1. The number of pyridine rings is 2. The van der Waals surface area contributed by atoms with Gasteiger partial charge in [-0.1, -0.05) is 12.1 Å². The summed E-state index contributed by atoms with van der Waals surface area (Å²) in [5, 5.41) is 0. The van der Waals surface area contributed by atoms with E-state index in [1.54, 1.807) is 24.4 Å². The van der Waals surface area contributed by atoms with Crippen LogP contribution in [0.25, 0.3) is 20.8 Å². The molecule has 1 aliphatic heterocycles. The molecule has 190 valence electrons. The smallest absolute Gasteiger partial charge is 0.166 e. The lowest BCUT2D eigenvalue weighted by molar-refractivity contribution is -0.118. The molecule has 37 heavy (non-hydrogen) atoms. The molecular formula is C29H29FN4O2S. The first kappa shape index (κ1) is 24.2. The van der Waals surface area contributed by atoms with Gasteiger partial charge in [-0.3, -0.25) is 19.7 Å². The van der Waals surface area contributed by atoms with E-state index in [4.69, 9.17) is 10.5 Å². The highest BCUT2D eigenvalue weighted by atomic mass is 32.1. The minimum atomic E-state index is -0.477. The van der Waals surface area contributed by atoms with Crippen molar-refractivity contribution in [3.63, 3.8) is 0 Å². The number of thiophene rings is 1. The van der Waals surface area contributed by atoms with Gasteiger partial charge in [0, 0.05) is 57.0 Å². The predicted molar refractivity (Wildman–Crippen MR) is 143 cm³/mol. The maximum atomic E-state index is 14.9. The SMILES string of the molecule is N[C@H]1CCN(Cc2ccc(-c3cc4nccc(Oc5ccc(CC(=O)CC6CC6)cc5F)c4s3)nc2)C1. The van der Waals surface area contributed by atoms with E-state index in [0.29, 0.717) is 23.7 Å². The maximum absolute atomic E-state index is 14.9. The first-order valence-corrected chi connectivity index (χ1v) is 13.6. The number of carbonyl (C=O) groups excluding carboxylic acids is 1. The molecule has 8 heteroatoms. The van der Waals surface area contributed by atoms with E-state index in [2.05, 4.69) is 20.9 Å². The van der Waals surface area contributed by atoms with Gasteiger partial charge in [0.2, 0.25) is 0 Å². The topological polar surface area (TPSA) is 81.3 Å². The minimum Gasteiger partial charge on any atom is -0.453 e. The molecule has 4 aromatic rings. The van der Waals surface area contributed by atoms with Crippen molar-refractivity contribution in [2.75, 3.05) is 13.1 Å². The predicted octanol–water partition coefficient (Wildman–Crippen LogP) is 5.73. The number of ether oxygens (including phenoxy) is 1. The van der Waals surface area contributed by atoms with Crippen molar-refractivity contribution in [1.82, 2.24) is 14.9 Å². The van der Waals surface area contributed by atoms with Gasteiger partial charge in [0.25, 0.3) is 0 Å². The van der Waals surface area contributed by atoms with Gasteiger partial charge < -0.3 is 10.5 Å². The number of halogens is 1. The van der Waals surface area contributed by atoms with Crippen molar-refractivity contribution in [1.29, 1.82) is 0 Å². The first-order valence-electron chi connectivity index (χ1n) is 12.8. The number of carbonyl (C=O) groups is 1. The Morgan fingerprint density at radius 1 is 1.08 bits per heavy atom. The number of nitrogens with zero attached hydrogens (tertiary/aromatic N) is 3. The van der Waals surface area contributed by atoms with Gasteiger partial charge in [0.05, 0.1) is 20.8 Å². The molecule has 0 bridgehead atoms. The summed E-state index contributed by atoms with van der Waals surface area (Å²) in [5.74, 6) is 0.894. The molecule has 0 unspecified atom stereocenters. The normalized spacial score (nSPS) is 17.9. The molecule has 0 radical (unpaired) electrons. The molecule has 1 saturated heterocycles. The molecule has 1 saturated carbocycles. The quantitative estimate of drug-likeness (QED) is 0.306. The maximum Gasteiger partial charge on any atom is 0.166 e. The zero-order valence-corrected chi connectivity index (χ0v) is 21.3. The molecule has 3 aromatic heterocycles. The Balaban J connectivity index is 1.17. The number of Topliss-reactive ketones (excluding diaryl/α,β-unsaturated/α-hetero) is 1. The zero-order chi connectivity index (χ0) is 25.4. The highest BCUT2D eigenvalue weighted by molar-refractivity contribution is 7.22. The number of fused-ring (bicyclic) bond motifs is 1. The Labute approximate surface area is 219 Å². The lowest BCUT2D eigenvalue weighted by atomic mass is 10.0. The van der Waals surface area contributed by atoms with Crippen LogP contribution in [0.2, 0.25) is 0 Å². The molecule has 0 amide bonds. The molecule has 0 spiro atoms. The lowest BCUT2D eigenvalue weighted by Crippen LogP contribution is -2.26. The molecule has 2 N–H and O–H groups in total. The Hall–Kier alpha value is -3.20. The van der Waals surface area contributed by atoms with E-state index in [0.717, 1.165) is 65.2 Å². The van der Waals surface area contributed by atoms with E-state index in [-0.39, 0.29) is 24.0 Å². The van der Waals surface area contributed by atoms with Gasteiger partial charge in [-0.2, -0.15) is 0 Å². The fraction of sp³-hybridized carbons (Fsp3) is 0.345. The lowest BCUT2D eigenvalue weighted by Gasteiger charge is -2.14. The first-order chi connectivity index (χ1) is 18.0. The molecular weight excluding hydrogens is 487 g/mol. The molecule has 6 nitrogen and oxygen atoms in total. The van der Waals surface area contributed by atoms with E-state index in [1.807, 2.05) is 18.3 Å². The van der Waals surface area contributed by atoms with Crippen LogP contribution in [0.15, 0.2) is 54.9 Å². The standard InChI is InChI=1S/C29H29FN4O2S/c30-23-13-19(12-22(35)11-18-1-2-18)4-6-26(23)36-27-7-9-32-25-14-28(37-29(25)27)24-5-3-20(15-33-24)16-34-10-8-21(31)17-34/h3-7,9,13-15,18,21H,1-2,8,10-12,16-17,31H2/t21-/m0/s1. The number of hydrogen-bond acceptors (Lipinski definition) is 7. The summed E-state index contributed by atoms with van der Waals surface area (Å²) >= 11 is 1.52. The minimum absolute atomic E-state index is 0.130. The third kappa shape index (κ3) is 5.71. The highest BCUT2D eigenvalue weighted by Gasteiger charge is 2.24. The van der Waals surface area contributed by atoms with Crippen LogP contribution in [-0.4, -0.2) is 39.8 Å². The van der Waals surface area contributed by atoms with Gasteiger partial charge in [-0.25, -0.2) is 4.39 Å². The highest BCUT2D eigenvalue weighted by Crippen LogP contribution is 2.39. The second-order valence-corrected chi connectivity index (χ2v) is 11.3. The summed E-state index contributed by atoms with van der Waals surface area (Å²) in [5.41, 5.74) is 9.50. The number of benzene rings is 1. The number of ketones is 1. The Kier molecular flexibility index (Phi) is 6.71. The molecule has 6 rings (SSSR count). The molecule has 1 atom stereocenters.